The molecule has 0 bridgehead atoms. The second kappa shape index (κ2) is 11.8. The predicted octanol–water partition coefficient (Wildman–Crippen LogP) is 14.7. The normalized spacial score (nSPS) is 12.0. The summed E-state index contributed by atoms with van der Waals surface area (Å²) >= 11 is 1.92. The molecule has 0 aliphatic heterocycles. The molecule has 0 unspecified atom stereocenters. The summed E-state index contributed by atoms with van der Waals surface area (Å²) in [6.45, 7) is 0. The third kappa shape index (κ3) is 4.48. The molecular formula is C52H32N2S. The Kier molecular flexibility index (Phi) is 6.54. The SMILES string of the molecule is c1ccc(-c2cc3c4cc(-n5c6ccccc6c6cc7c8ccccc8n(-c8ccccc8)c7cc65)cc(-c5ccccc5)c4sc3c3ccccc23)cc1. The van der Waals surface area contributed by atoms with Crippen LogP contribution in [-0.4, -0.2) is 9.13 Å². The third-order valence-corrected chi connectivity index (χ3v) is 12.8. The van der Waals surface area contributed by atoms with Crippen LogP contribution in [0.5, 0.6) is 0 Å². The van der Waals surface area contributed by atoms with E-state index >= 15 is 0 Å². The number of rotatable bonds is 4. The third-order valence-electron chi connectivity index (χ3n) is 11.5. The predicted molar refractivity (Wildman–Crippen MR) is 236 cm³/mol. The lowest BCUT2D eigenvalue weighted by Crippen LogP contribution is -1.96. The van der Waals surface area contributed by atoms with Crippen molar-refractivity contribution >= 4 is 85.9 Å². The quantitative estimate of drug-likeness (QED) is 0.172. The summed E-state index contributed by atoms with van der Waals surface area (Å²) in [5.74, 6) is 0. The Labute approximate surface area is 321 Å². The molecule has 0 amide bonds. The van der Waals surface area contributed by atoms with E-state index in [1.807, 2.05) is 11.3 Å². The van der Waals surface area contributed by atoms with Crippen molar-refractivity contribution in [3.63, 3.8) is 0 Å². The smallest absolute Gasteiger partial charge is 0.0562 e. The summed E-state index contributed by atoms with van der Waals surface area (Å²) in [6, 6.07) is 71.4. The summed E-state index contributed by atoms with van der Waals surface area (Å²) < 4.78 is 7.57. The molecule has 0 N–H and O–H groups in total. The van der Waals surface area contributed by atoms with Crippen molar-refractivity contribution in [1.29, 1.82) is 0 Å². The van der Waals surface area contributed by atoms with Crippen LogP contribution in [0, 0.1) is 0 Å². The van der Waals surface area contributed by atoms with E-state index in [0.717, 1.165) is 11.4 Å². The number of fused-ring (bicyclic) bond motifs is 11. The van der Waals surface area contributed by atoms with Crippen LogP contribution < -0.4 is 0 Å². The maximum Gasteiger partial charge on any atom is 0.0562 e. The van der Waals surface area contributed by atoms with Gasteiger partial charge in [0.15, 0.2) is 0 Å². The molecule has 0 fully saturated rings. The Morgan fingerprint density at radius 2 is 0.764 bits per heavy atom. The van der Waals surface area contributed by atoms with Crippen LogP contribution in [0.2, 0.25) is 0 Å². The number of hydrogen-bond acceptors (Lipinski definition) is 1. The van der Waals surface area contributed by atoms with E-state index in [1.165, 1.54) is 96.8 Å². The van der Waals surface area contributed by atoms with Gasteiger partial charge in [0.25, 0.3) is 0 Å². The van der Waals surface area contributed by atoms with Gasteiger partial charge in [0, 0.05) is 64.0 Å². The van der Waals surface area contributed by atoms with Gasteiger partial charge in [0.2, 0.25) is 0 Å². The molecule has 2 nitrogen and oxygen atoms in total. The van der Waals surface area contributed by atoms with E-state index in [9.17, 15) is 0 Å². The molecular weight excluding hydrogens is 685 g/mol. The molecule has 12 rings (SSSR count). The summed E-state index contributed by atoms with van der Waals surface area (Å²) in [5.41, 5.74) is 12.1. The Balaban J connectivity index is 1.23. The largest absolute Gasteiger partial charge is 0.309 e. The van der Waals surface area contributed by atoms with E-state index in [2.05, 4.69) is 203 Å². The van der Waals surface area contributed by atoms with Gasteiger partial charge in [0.1, 0.15) is 0 Å². The van der Waals surface area contributed by atoms with Crippen LogP contribution in [-0.2, 0) is 0 Å². The highest BCUT2D eigenvalue weighted by molar-refractivity contribution is 7.27. The van der Waals surface area contributed by atoms with E-state index in [1.54, 1.807) is 0 Å². The van der Waals surface area contributed by atoms with Crippen molar-refractivity contribution in [3.05, 3.63) is 194 Å². The van der Waals surface area contributed by atoms with E-state index in [-0.39, 0.29) is 0 Å². The minimum Gasteiger partial charge on any atom is -0.309 e. The monoisotopic (exact) mass is 716 g/mol. The molecule has 0 saturated heterocycles. The molecule has 3 aromatic heterocycles. The number of para-hydroxylation sites is 3. The second-order valence-electron chi connectivity index (χ2n) is 14.5. The second-order valence-corrected chi connectivity index (χ2v) is 15.5. The number of thiophene rings is 1. The lowest BCUT2D eigenvalue weighted by molar-refractivity contribution is 1.17. The minimum absolute atomic E-state index is 1.16. The van der Waals surface area contributed by atoms with Crippen molar-refractivity contribution in [2.45, 2.75) is 0 Å². The van der Waals surface area contributed by atoms with Gasteiger partial charge in [-0.25, -0.2) is 0 Å². The highest BCUT2D eigenvalue weighted by atomic mass is 32.1. The molecule has 256 valence electrons. The van der Waals surface area contributed by atoms with Crippen LogP contribution in [0.1, 0.15) is 0 Å². The van der Waals surface area contributed by atoms with Crippen molar-refractivity contribution in [3.8, 4) is 33.6 Å². The van der Waals surface area contributed by atoms with Gasteiger partial charge in [-0.1, -0.05) is 140 Å². The van der Waals surface area contributed by atoms with Crippen LogP contribution >= 0.6 is 11.3 Å². The molecule has 0 aliphatic carbocycles. The average molecular weight is 717 g/mol. The topological polar surface area (TPSA) is 9.86 Å². The van der Waals surface area contributed by atoms with E-state index < -0.39 is 0 Å². The minimum atomic E-state index is 1.16. The molecule has 3 heterocycles. The summed E-state index contributed by atoms with van der Waals surface area (Å²) in [5, 5.41) is 10.2. The van der Waals surface area contributed by atoms with Crippen molar-refractivity contribution < 1.29 is 0 Å². The summed E-state index contributed by atoms with van der Waals surface area (Å²) in [6.07, 6.45) is 0. The zero-order valence-corrected chi connectivity index (χ0v) is 30.6. The maximum atomic E-state index is 2.51. The first-order valence-electron chi connectivity index (χ1n) is 18.9. The molecule has 0 radical (unpaired) electrons. The molecule has 9 aromatic carbocycles. The van der Waals surface area contributed by atoms with Gasteiger partial charge in [0.05, 0.1) is 22.1 Å². The maximum absolute atomic E-state index is 2.51. The summed E-state index contributed by atoms with van der Waals surface area (Å²) in [7, 11) is 0. The zero-order chi connectivity index (χ0) is 36.0. The molecule has 0 spiro atoms. The highest BCUT2D eigenvalue weighted by Gasteiger charge is 2.21. The Bertz CT molecular complexity index is 3460. The fourth-order valence-electron chi connectivity index (χ4n) is 9.07. The molecule has 55 heavy (non-hydrogen) atoms. The van der Waals surface area contributed by atoms with Crippen molar-refractivity contribution in [2.75, 3.05) is 0 Å². The standard InChI is InChI=1S/C52H32N2S/c1-4-16-33(17-5-1)41-30-46-45-29-36(28-42(34-18-6-2-7-19-34)52(45)55-51(46)40-25-11-10-22-37(40)41)54-48-27-15-13-24-39(48)44-31-43-38-23-12-14-26-47(38)53(49(43)32-50(44)54)35-20-8-3-9-21-35/h1-32H. The van der Waals surface area contributed by atoms with Gasteiger partial charge >= 0.3 is 0 Å². The number of aromatic nitrogens is 2. The Hall–Kier alpha value is -6.94. The molecule has 0 aliphatic rings. The number of nitrogens with zero attached hydrogens (tertiary/aromatic N) is 2. The van der Waals surface area contributed by atoms with Gasteiger partial charge < -0.3 is 9.13 Å². The van der Waals surface area contributed by atoms with E-state index in [0.29, 0.717) is 0 Å². The average Bonchev–Trinajstić information content (AvgIpc) is 3.90. The van der Waals surface area contributed by atoms with Crippen molar-refractivity contribution in [1.82, 2.24) is 9.13 Å². The van der Waals surface area contributed by atoms with Crippen LogP contribution in [0.4, 0.5) is 0 Å². The van der Waals surface area contributed by atoms with Gasteiger partial charge in [-0.2, -0.15) is 0 Å². The molecule has 3 heteroatoms. The van der Waals surface area contributed by atoms with Gasteiger partial charge in [-0.15, -0.1) is 11.3 Å². The van der Waals surface area contributed by atoms with E-state index in [4.69, 9.17) is 0 Å². The lowest BCUT2D eigenvalue weighted by atomic mass is 9.94. The van der Waals surface area contributed by atoms with Crippen molar-refractivity contribution in [2.24, 2.45) is 0 Å². The van der Waals surface area contributed by atoms with Gasteiger partial charge in [-0.05, 0) is 76.7 Å². The van der Waals surface area contributed by atoms with Gasteiger partial charge in [-0.3, -0.25) is 0 Å². The first-order chi connectivity index (χ1) is 27.3. The fourth-order valence-corrected chi connectivity index (χ4v) is 10.4. The fraction of sp³-hybridized carbons (Fsp3) is 0. The molecule has 12 aromatic rings. The van der Waals surface area contributed by atoms with Crippen LogP contribution in [0.3, 0.4) is 0 Å². The molecule has 0 saturated carbocycles. The highest BCUT2D eigenvalue weighted by Crippen LogP contribution is 2.48. The molecule has 0 atom stereocenters. The first-order valence-corrected chi connectivity index (χ1v) is 19.7. The Morgan fingerprint density at radius 1 is 0.273 bits per heavy atom. The number of hydrogen-bond donors (Lipinski definition) is 0. The number of benzene rings is 9. The van der Waals surface area contributed by atoms with Crippen LogP contribution in [0.25, 0.3) is 108 Å². The van der Waals surface area contributed by atoms with Crippen LogP contribution in [0.15, 0.2) is 194 Å². The Morgan fingerprint density at radius 3 is 1.40 bits per heavy atom. The zero-order valence-electron chi connectivity index (χ0n) is 29.8. The lowest BCUT2D eigenvalue weighted by Gasteiger charge is -2.13. The first kappa shape index (κ1) is 30.5. The summed E-state index contributed by atoms with van der Waals surface area (Å²) in [4.78, 5) is 0.